The predicted octanol–water partition coefficient (Wildman–Crippen LogP) is 4.18. The first-order valence-corrected chi connectivity index (χ1v) is 12.1. The molecule has 3 N–H and O–H groups in total. The number of pyridine rings is 1. The Bertz CT molecular complexity index is 1450. The summed E-state index contributed by atoms with van der Waals surface area (Å²) in [5, 5.41) is 10.2. The normalized spacial score (nSPS) is 12.9. The van der Waals surface area contributed by atoms with Crippen molar-refractivity contribution >= 4 is 40.2 Å². The van der Waals surface area contributed by atoms with Gasteiger partial charge >= 0.3 is 5.97 Å². The van der Waals surface area contributed by atoms with Crippen LogP contribution in [0.5, 0.6) is 0 Å². The summed E-state index contributed by atoms with van der Waals surface area (Å²) in [5.74, 6) is -0.687. The molecule has 1 aliphatic heterocycles. The number of benzene rings is 2. The van der Waals surface area contributed by atoms with Crippen LogP contribution in [0.2, 0.25) is 0 Å². The third-order valence-corrected chi connectivity index (χ3v) is 6.16. The minimum Gasteiger partial charge on any atom is -0.480 e. The van der Waals surface area contributed by atoms with E-state index < -0.39 is 5.97 Å². The van der Waals surface area contributed by atoms with Crippen molar-refractivity contribution in [2.24, 2.45) is 10.7 Å². The van der Waals surface area contributed by atoms with Crippen LogP contribution in [0, 0.1) is 0 Å². The molecule has 36 heavy (non-hydrogen) atoms. The molecular weight excluding hydrogens is 456 g/mol. The molecule has 0 saturated heterocycles. The number of aromatic nitrogens is 1. The van der Waals surface area contributed by atoms with Gasteiger partial charge in [-0.15, -0.1) is 0 Å². The summed E-state index contributed by atoms with van der Waals surface area (Å²) >= 11 is 0. The molecule has 0 fully saturated rings. The van der Waals surface area contributed by atoms with Gasteiger partial charge in [0.25, 0.3) is 5.56 Å². The molecule has 0 saturated carbocycles. The first kappa shape index (κ1) is 24.9. The first-order valence-electron chi connectivity index (χ1n) is 12.1. The average molecular weight is 487 g/mol. The zero-order valence-electron chi connectivity index (χ0n) is 20.5. The van der Waals surface area contributed by atoms with Crippen molar-refractivity contribution in [2.75, 3.05) is 13.1 Å². The second-order valence-corrected chi connectivity index (χ2v) is 8.96. The van der Waals surface area contributed by atoms with Crippen LogP contribution in [0.25, 0.3) is 28.0 Å². The number of carboxylic acids is 1. The second kappa shape index (κ2) is 10.6. The number of hydrogen-bond donors (Lipinski definition) is 2. The number of amidine groups is 1. The standard InChI is InChI=1S/C28H30N4O4/c1-3-10-31(11-4-2)27(35)22-14-21-6-5-19(15-24(21)30-25(29)16-22)18-7-8-23-20(13-18)9-12-32(28(23)36)17-26(33)34/h5-9,12-15H,3-4,10-11,16-17H2,1-2H3,(H2,29,30)(H,33,34). The minimum atomic E-state index is -1.07. The fourth-order valence-corrected chi connectivity index (χ4v) is 4.50. The van der Waals surface area contributed by atoms with Crippen molar-refractivity contribution in [3.63, 3.8) is 0 Å². The van der Waals surface area contributed by atoms with Gasteiger partial charge in [0.1, 0.15) is 12.4 Å². The van der Waals surface area contributed by atoms with Crippen LogP contribution < -0.4 is 11.3 Å². The lowest BCUT2D eigenvalue weighted by Crippen LogP contribution is -2.34. The van der Waals surface area contributed by atoms with E-state index in [1.165, 1.54) is 10.8 Å². The van der Waals surface area contributed by atoms with Crippen molar-refractivity contribution in [3.05, 3.63) is 70.2 Å². The predicted molar refractivity (Wildman–Crippen MR) is 142 cm³/mol. The zero-order chi connectivity index (χ0) is 25.8. The summed E-state index contributed by atoms with van der Waals surface area (Å²) in [6.45, 7) is 5.14. The summed E-state index contributed by atoms with van der Waals surface area (Å²) in [5.41, 5.74) is 9.79. The Morgan fingerprint density at radius 1 is 1.06 bits per heavy atom. The maximum atomic E-state index is 13.2. The smallest absolute Gasteiger partial charge is 0.323 e. The number of carbonyl (C=O) groups excluding carboxylic acids is 1. The number of fused-ring (bicyclic) bond motifs is 2. The van der Waals surface area contributed by atoms with E-state index in [9.17, 15) is 14.4 Å². The molecule has 1 aromatic heterocycles. The summed E-state index contributed by atoms with van der Waals surface area (Å²) < 4.78 is 1.18. The topological polar surface area (TPSA) is 118 Å². The van der Waals surface area contributed by atoms with E-state index in [0.717, 1.165) is 34.9 Å². The third kappa shape index (κ3) is 5.22. The van der Waals surface area contributed by atoms with Gasteiger partial charge in [-0.05, 0) is 59.7 Å². The van der Waals surface area contributed by atoms with E-state index in [4.69, 9.17) is 10.8 Å². The molecule has 3 aromatic rings. The van der Waals surface area contributed by atoms with E-state index in [1.54, 1.807) is 12.1 Å². The summed E-state index contributed by atoms with van der Waals surface area (Å²) in [4.78, 5) is 43.3. The van der Waals surface area contributed by atoms with E-state index in [1.807, 2.05) is 41.3 Å². The van der Waals surface area contributed by atoms with Gasteiger partial charge < -0.3 is 20.3 Å². The Balaban J connectivity index is 1.70. The van der Waals surface area contributed by atoms with E-state index in [-0.39, 0.29) is 18.0 Å². The van der Waals surface area contributed by atoms with Crippen LogP contribution >= 0.6 is 0 Å². The number of amides is 1. The van der Waals surface area contributed by atoms with E-state index in [0.29, 0.717) is 42.0 Å². The van der Waals surface area contributed by atoms with Gasteiger partial charge in [-0.3, -0.25) is 14.4 Å². The second-order valence-electron chi connectivity index (χ2n) is 8.96. The number of carboxylic acid groups (broad SMARTS) is 1. The van der Waals surface area contributed by atoms with Gasteiger partial charge in [0.2, 0.25) is 5.91 Å². The molecule has 0 aliphatic carbocycles. The number of nitrogens with two attached hydrogens (primary N) is 1. The van der Waals surface area contributed by atoms with Crippen molar-refractivity contribution in [2.45, 2.75) is 39.7 Å². The lowest BCUT2D eigenvalue weighted by atomic mass is 9.99. The Kier molecular flexibility index (Phi) is 7.33. The maximum absolute atomic E-state index is 13.2. The fraction of sp³-hybridized carbons (Fsp3) is 0.286. The highest BCUT2D eigenvalue weighted by Crippen LogP contribution is 2.33. The fourth-order valence-electron chi connectivity index (χ4n) is 4.50. The Labute approximate surface area is 209 Å². The highest BCUT2D eigenvalue weighted by molar-refractivity contribution is 6.05. The summed E-state index contributed by atoms with van der Waals surface area (Å²) in [6, 6.07) is 13.0. The molecule has 0 atom stereocenters. The molecule has 0 radical (unpaired) electrons. The highest BCUT2D eigenvalue weighted by atomic mass is 16.4. The number of nitrogens with zero attached hydrogens (tertiary/aromatic N) is 3. The number of carbonyl (C=O) groups is 2. The Morgan fingerprint density at radius 3 is 2.44 bits per heavy atom. The Hall–Kier alpha value is -4.20. The maximum Gasteiger partial charge on any atom is 0.323 e. The number of aliphatic imine (C=N–C) groups is 1. The number of rotatable bonds is 8. The van der Waals surface area contributed by atoms with Gasteiger partial charge in [-0.25, -0.2) is 4.99 Å². The van der Waals surface area contributed by atoms with Gasteiger partial charge in [-0.2, -0.15) is 0 Å². The minimum absolute atomic E-state index is 0.00291. The third-order valence-electron chi connectivity index (χ3n) is 6.16. The van der Waals surface area contributed by atoms with Crippen LogP contribution in [-0.4, -0.2) is 45.4 Å². The van der Waals surface area contributed by atoms with Gasteiger partial charge in [-0.1, -0.05) is 32.0 Å². The van der Waals surface area contributed by atoms with E-state index >= 15 is 0 Å². The molecule has 1 aliphatic rings. The van der Waals surface area contributed by atoms with Crippen LogP contribution in [-0.2, 0) is 16.1 Å². The molecule has 4 rings (SSSR count). The SMILES string of the molecule is CCCN(CCC)C(=O)C1=Cc2ccc(-c3ccc4c(=O)n(CC(=O)O)ccc4c3)cc2N=C(N)C1. The molecule has 1 amide bonds. The molecule has 8 heteroatoms. The molecule has 0 spiro atoms. The highest BCUT2D eigenvalue weighted by Gasteiger charge is 2.21. The van der Waals surface area contributed by atoms with Gasteiger partial charge in [0.05, 0.1) is 5.69 Å². The van der Waals surface area contributed by atoms with Gasteiger partial charge in [0, 0.05) is 42.2 Å². The molecular formula is C28H30N4O4. The molecule has 0 unspecified atom stereocenters. The number of aliphatic carboxylic acids is 1. The number of hydrogen-bond acceptors (Lipinski definition) is 5. The van der Waals surface area contributed by atoms with Crippen molar-refractivity contribution in [1.29, 1.82) is 0 Å². The van der Waals surface area contributed by atoms with Crippen LogP contribution in [0.4, 0.5) is 5.69 Å². The molecule has 186 valence electrons. The first-order chi connectivity index (χ1) is 17.3. The van der Waals surface area contributed by atoms with Crippen LogP contribution in [0.3, 0.4) is 0 Å². The van der Waals surface area contributed by atoms with Crippen molar-refractivity contribution in [3.8, 4) is 11.1 Å². The van der Waals surface area contributed by atoms with Crippen molar-refractivity contribution < 1.29 is 14.7 Å². The van der Waals surface area contributed by atoms with E-state index in [2.05, 4.69) is 18.8 Å². The average Bonchev–Trinajstić information content (AvgIpc) is 3.02. The monoisotopic (exact) mass is 486 g/mol. The summed E-state index contributed by atoms with van der Waals surface area (Å²) in [7, 11) is 0. The summed E-state index contributed by atoms with van der Waals surface area (Å²) in [6.07, 6.45) is 5.46. The quantitative estimate of drug-likeness (QED) is 0.495. The van der Waals surface area contributed by atoms with Gasteiger partial charge in [0.15, 0.2) is 0 Å². The molecule has 8 nitrogen and oxygen atoms in total. The molecule has 2 heterocycles. The zero-order valence-corrected chi connectivity index (χ0v) is 20.5. The van der Waals surface area contributed by atoms with Crippen LogP contribution in [0.1, 0.15) is 38.7 Å². The van der Waals surface area contributed by atoms with Crippen molar-refractivity contribution in [1.82, 2.24) is 9.47 Å². The lowest BCUT2D eigenvalue weighted by molar-refractivity contribution is -0.137. The molecule has 2 aromatic carbocycles. The van der Waals surface area contributed by atoms with Crippen LogP contribution in [0.15, 0.2) is 64.0 Å². The largest absolute Gasteiger partial charge is 0.480 e. The lowest BCUT2D eigenvalue weighted by Gasteiger charge is -2.22. The Morgan fingerprint density at radius 2 is 1.75 bits per heavy atom. The molecule has 0 bridgehead atoms.